The van der Waals surface area contributed by atoms with Crippen LogP contribution in [0.2, 0.25) is 0 Å². The molecule has 0 N–H and O–H groups in total. The summed E-state index contributed by atoms with van der Waals surface area (Å²) in [6, 6.07) is 7.51. The molecule has 0 amide bonds. The van der Waals surface area contributed by atoms with Crippen molar-refractivity contribution in [2.45, 2.75) is 15.8 Å². The second-order valence-electron chi connectivity index (χ2n) is 2.81. The van der Waals surface area contributed by atoms with Crippen LogP contribution in [0.4, 0.5) is 4.39 Å². The largest absolute Gasteiger partial charge is 0.254 e. The van der Waals surface area contributed by atoms with Gasteiger partial charge in [0.15, 0.2) is 0 Å². The summed E-state index contributed by atoms with van der Waals surface area (Å²) in [5.41, 5.74) is 1.94. The van der Waals surface area contributed by atoms with Crippen LogP contribution in [0.5, 0.6) is 0 Å². The van der Waals surface area contributed by atoms with Crippen molar-refractivity contribution in [1.29, 1.82) is 0 Å². The van der Waals surface area contributed by atoms with E-state index < -0.39 is 8.86 Å². The number of rotatable bonds is 2. The van der Waals surface area contributed by atoms with Crippen molar-refractivity contribution in [2.24, 2.45) is 0 Å². The Morgan fingerprint density at radius 1 is 1.38 bits per heavy atom. The molecule has 1 aromatic rings. The van der Waals surface area contributed by atoms with Crippen LogP contribution in [-0.4, -0.2) is 4.04 Å². The third-order valence-electron chi connectivity index (χ3n) is 1.66. The van der Waals surface area contributed by atoms with Gasteiger partial charge >= 0.3 is 0 Å². The molecule has 13 heavy (non-hydrogen) atoms. The maximum Gasteiger partial charge on any atom is 0.254 e. The zero-order valence-electron chi connectivity index (χ0n) is 6.90. The van der Waals surface area contributed by atoms with Crippen LogP contribution in [0.1, 0.15) is 16.0 Å². The smallest absolute Gasteiger partial charge is 0.212 e. The number of hydrogen-bond donors (Lipinski definition) is 0. The lowest BCUT2D eigenvalue weighted by atomic mass is 10.1. The van der Waals surface area contributed by atoms with E-state index in [2.05, 4.69) is 31.9 Å². The fourth-order valence-corrected chi connectivity index (χ4v) is 1.62. The Labute approximate surface area is 98.7 Å². The van der Waals surface area contributed by atoms with Gasteiger partial charge in [0.05, 0.1) is 4.83 Å². The van der Waals surface area contributed by atoms with E-state index >= 15 is 0 Å². The molecule has 0 aliphatic heterocycles. The van der Waals surface area contributed by atoms with Gasteiger partial charge in [0, 0.05) is 0 Å². The van der Waals surface area contributed by atoms with Crippen molar-refractivity contribution >= 4 is 43.5 Å². The van der Waals surface area contributed by atoms with E-state index in [0.29, 0.717) is 0 Å². The van der Waals surface area contributed by atoms with E-state index in [1.807, 2.05) is 31.2 Å². The van der Waals surface area contributed by atoms with Crippen molar-refractivity contribution < 1.29 is 4.39 Å². The van der Waals surface area contributed by atoms with Gasteiger partial charge in [-0.15, -0.1) is 0 Å². The Morgan fingerprint density at radius 2 is 1.85 bits per heavy atom. The first-order chi connectivity index (χ1) is 5.91. The minimum absolute atomic E-state index is 0.553. The summed E-state index contributed by atoms with van der Waals surface area (Å²) >= 11 is 11.4. The highest BCUT2D eigenvalue weighted by Gasteiger charge is 2.33. The zero-order chi connectivity index (χ0) is 10.1. The van der Waals surface area contributed by atoms with Crippen molar-refractivity contribution in [1.82, 2.24) is 0 Å². The summed E-state index contributed by atoms with van der Waals surface area (Å²) in [6.45, 7) is 1.98. The normalized spacial score (nSPS) is 17.9. The molecule has 0 fully saturated rings. The first kappa shape index (κ1) is 11.5. The number of alkyl halides is 4. The highest BCUT2D eigenvalue weighted by Crippen LogP contribution is 2.44. The van der Waals surface area contributed by atoms with Crippen LogP contribution < -0.4 is 0 Å². The Hall–Kier alpha value is 0.400. The van der Waals surface area contributed by atoms with Crippen molar-refractivity contribution in [3.63, 3.8) is 0 Å². The fourth-order valence-electron chi connectivity index (χ4n) is 0.924. The lowest BCUT2D eigenvalue weighted by Crippen LogP contribution is -2.11. The van der Waals surface area contributed by atoms with E-state index in [9.17, 15) is 4.39 Å². The first-order valence-electron chi connectivity index (χ1n) is 3.68. The SMILES string of the molecule is Cc1ccc([C@@H](Br)[C@](F)(Cl)Br)cc1. The summed E-state index contributed by atoms with van der Waals surface area (Å²) in [5.74, 6) is 0. The molecule has 72 valence electrons. The van der Waals surface area contributed by atoms with Gasteiger partial charge in [0.25, 0.3) is 4.04 Å². The van der Waals surface area contributed by atoms with Crippen LogP contribution in [0, 0.1) is 6.92 Å². The fraction of sp³-hybridized carbons (Fsp3) is 0.333. The average Bonchev–Trinajstić information content (AvgIpc) is 2.03. The Kier molecular flexibility index (Phi) is 3.78. The van der Waals surface area contributed by atoms with E-state index in [0.717, 1.165) is 11.1 Å². The van der Waals surface area contributed by atoms with Gasteiger partial charge in [-0.2, -0.15) is 0 Å². The maximum atomic E-state index is 13.2. The minimum atomic E-state index is -1.94. The molecule has 0 saturated carbocycles. The van der Waals surface area contributed by atoms with Crippen LogP contribution in [0.15, 0.2) is 24.3 Å². The Balaban J connectivity index is 2.90. The highest BCUT2D eigenvalue weighted by molar-refractivity contribution is 9.12. The molecule has 2 atom stereocenters. The number of halogens is 4. The predicted molar refractivity (Wildman–Crippen MR) is 61.5 cm³/mol. The van der Waals surface area contributed by atoms with Gasteiger partial charge in [-0.3, -0.25) is 0 Å². The van der Waals surface area contributed by atoms with Crippen LogP contribution in [0.3, 0.4) is 0 Å². The third kappa shape index (κ3) is 3.22. The molecule has 0 bridgehead atoms. The molecule has 0 radical (unpaired) electrons. The van der Waals surface area contributed by atoms with Gasteiger partial charge in [-0.05, 0) is 28.4 Å². The lowest BCUT2D eigenvalue weighted by molar-refractivity contribution is 0.407. The molecule has 1 rings (SSSR count). The number of hydrogen-bond acceptors (Lipinski definition) is 0. The highest BCUT2D eigenvalue weighted by atomic mass is 79.9. The van der Waals surface area contributed by atoms with Crippen LogP contribution in [0.25, 0.3) is 0 Å². The Morgan fingerprint density at radius 3 is 2.23 bits per heavy atom. The molecule has 0 unspecified atom stereocenters. The van der Waals surface area contributed by atoms with Gasteiger partial charge in [0.2, 0.25) is 0 Å². The zero-order valence-corrected chi connectivity index (χ0v) is 10.8. The molecule has 0 spiro atoms. The maximum absolute atomic E-state index is 13.2. The number of benzene rings is 1. The third-order valence-corrected chi connectivity index (χ3v) is 4.37. The average molecular weight is 330 g/mol. The van der Waals surface area contributed by atoms with Gasteiger partial charge in [0.1, 0.15) is 0 Å². The van der Waals surface area contributed by atoms with Gasteiger partial charge < -0.3 is 0 Å². The molecule has 1 aromatic carbocycles. The van der Waals surface area contributed by atoms with E-state index in [4.69, 9.17) is 11.6 Å². The molecule has 0 nitrogen and oxygen atoms in total. The molecular formula is C9H8Br2ClF. The van der Waals surface area contributed by atoms with E-state index in [-0.39, 0.29) is 0 Å². The minimum Gasteiger partial charge on any atom is -0.212 e. The van der Waals surface area contributed by atoms with E-state index in [1.165, 1.54) is 0 Å². The van der Waals surface area contributed by atoms with Crippen molar-refractivity contribution in [3.8, 4) is 0 Å². The van der Waals surface area contributed by atoms with Crippen molar-refractivity contribution in [2.75, 3.05) is 0 Å². The molecule has 0 heterocycles. The molecule has 4 heteroatoms. The Bertz CT molecular complexity index is 279. The van der Waals surface area contributed by atoms with Crippen LogP contribution >= 0.6 is 43.5 Å². The topological polar surface area (TPSA) is 0 Å². The molecule has 0 aliphatic carbocycles. The molecule has 0 aliphatic rings. The summed E-state index contributed by atoms with van der Waals surface area (Å²) < 4.78 is 11.3. The lowest BCUT2D eigenvalue weighted by Gasteiger charge is -2.17. The van der Waals surface area contributed by atoms with Gasteiger partial charge in [-0.25, -0.2) is 4.39 Å². The van der Waals surface area contributed by atoms with Gasteiger partial charge in [-0.1, -0.05) is 57.4 Å². The quantitative estimate of drug-likeness (QED) is 0.690. The molecule has 0 aromatic heterocycles. The summed E-state index contributed by atoms with van der Waals surface area (Å²) in [5, 5.41) is 0. The van der Waals surface area contributed by atoms with Crippen molar-refractivity contribution in [3.05, 3.63) is 35.4 Å². The molecule has 0 saturated heterocycles. The number of aryl methyl sites for hydroxylation is 1. The second kappa shape index (κ2) is 4.28. The first-order valence-corrected chi connectivity index (χ1v) is 5.77. The summed E-state index contributed by atoms with van der Waals surface area (Å²) in [6.07, 6.45) is 0. The monoisotopic (exact) mass is 328 g/mol. The predicted octanol–water partition coefficient (Wildman–Crippen LogP) is 4.69. The standard InChI is InChI=1S/C9H8Br2ClF/c1-6-2-4-7(5-3-6)8(10)9(11,12)13/h2-5,8H,1H3/t8-,9-/m1/s1. The van der Waals surface area contributed by atoms with Crippen LogP contribution in [-0.2, 0) is 0 Å². The van der Waals surface area contributed by atoms with E-state index in [1.54, 1.807) is 0 Å². The summed E-state index contributed by atoms with van der Waals surface area (Å²) in [7, 11) is 0. The second-order valence-corrected chi connectivity index (χ2v) is 5.89. The summed E-state index contributed by atoms with van der Waals surface area (Å²) in [4.78, 5) is -0.553. The molecular weight excluding hydrogens is 322 g/mol.